The minimum Gasteiger partial charge on any atom is -0.337 e. The fourth-order valence-electron chi connectivity index (χ4n) is 1.56. The molecule has 0 spiro atoms. The summed E-state index contributed by atoms with van der Waals surface area (Å²) in [6.07, 6.45) is 7.05. The molecule has 0 radical (unpaired) electrons. The van der Waals surface area contributed by atoms with Crippen LogP contribution in [-0.2, 0) is 6.54 Å². The van der Waals surface area contributed by atoms with E-state index in [-0.39, 0.29) is 12.4 Å². The summed E-state index contributed by atoms with van der Waals surface area (Å²) in [5, 5.41) is 3.35. The van der Waals surface area contributed by atoms with E-state index in [9.17, 15) is 0 Å². The number of nitrogens with zero attached hydrogens (tertiary/aromatic N) is 2. The number of hydrogen-bond acceptors (Lipinski definition) is 2. The Labute approximate surface area is 78.6 Å². The second kappa shape index (κ2) is 4.48. The van der Waals surface area contributed by atoms with Crippen LogP contribution in [-0.4, -0.2) is 22.6 Å². The van der Waals surface area contributed by atoms with Crippen LogP contribution >= 0.6 is 12.4 Å². The Balaban J connectivity index is 0.000000720. The van der Waals surface area contributed by atoms with Crippen LogP contribution < -0.4 is 5.32 Å². The van der Waals surface area contributed by atoms with Gasteiger partial charge in [-0.25, -0.2) is 4.98 Å². The van der Waals surface area contributed by atoms with Crippen molar-refractivity contribution in [3.8, 4) is 0 Å². The van der Waals surface area contributed by atoms with Crippen molar-refractivity contribution < 1.29 is 0 Å². The van der Waals surface area contributed by atoms with Gasteiger partial charge in [-0.1, -0.05) is 0 Å². The third kappa shape index (κ3) is 2.22. The molecule has 2 heterocycles. The third-order valence-electron chi connectivity index (χ3n) is 2.19. The molecule has 1 aromatic rings. The summed E-state index contributed by atoms with van der Waals surface area (Å²) in [6.45, 7) is 3.46. The van der Waals surface area contributed by atoms with Gasteiger partial charge in [0.15, 0.2) is 0 Å². The monoisotopic (exact) mass is 187 g/mol. The van der Waals surface area contributed by atoms with E-state index in [1.807, 2.05) is 18.7 Å². The molecule has 1 saturated heterocycles. The van der Waals surface area contributed by atoms with E-state index in [1.165, 1.54) is 13.0 Å². The second-order valence-electron chi connectivity index (χ2n) is 3.12. The maximum absolute atomic E-state index is 4.01. The molecule has 1 aliphatic rings. The van der Waals surface area contributed by atoms with Gasteiger partial charge < -0.3 is 9.88 Å². The Morgan fingerprint density at radius 1 is 1.58 bits per heavy atom. The highest BCUT2D eigenvalue weighted by atomic mass is 35.5. The number of hydrogen-bond donors (Lipinski definition) is 1. The molecule has 0 aromatic carbocycles. The maximum Gasteiger partial charge on any atom is 0.0946 e. The summed E-state index contributed by atoms with van der Waals surface area (Å²) in [7, 11) is 0. The van der Waals surface area contributed by atoms with Gasteiger partial charge in [-0.2, -0.15) is 0 Å². The maximum atomic E-state index is 4.01. The van der Waals surface area contributed by atoms with Crippen molar-refractivity contribution in [3.05, 3.63) is 18.7 Å². The van der Waals surface area contributed by atoms with Crippen molar-refractivity contribution in [2.75, 3.05) is 13.1 Å². The van der Waals surface area contributed by atoms with Crippen LogP contribution in [0.15, 0.2) is 18.7 Å². The largest absolute Gasteiger partial charge is 0.337 e. The van der Waals surface area contributed by atoms with Gasteiger partial charge in [0.2, 0.25) is 0 Å². The number of imidazole rings is 1. The molecule has 1 atom stereocenters. The highest BCUT2D eigenvalue weighted by molar-refractivity contribution is 5.85. The number of halogens is 1. The summed E-state index contributed by atoms with van der Waals surface area (Å²) in [4.78, 5) is 4.01. The smallest absolute Gasteiger partial charge is 0.0946 e. The quantitative estimate of drug-likeness (QED) is 0.746. The van der Waals surface area contributed by atoms with E-state index in [4.69, 9.17) is 0 Å². The zero-order chi connectivity index (χ0) is 7.52. The highest BCUT2D eigenvalue weighted by Crippen LogP contribution is 2.09. The van der Waals surface area contributed by atoms with Crippen LogP contribution in [0.1, 0.15) is 6.42 Å². The first-order valence-corrected chi connectivity index (χ1v) is 4.11. The van der Waals surface area contributed by atoms with Gasteiger partial charge in [0.25, 0.3) is 0 Å². The molecule has 0 saturated carbocycles. The van der Waals surface area contributed by atoms with Crippen LogP contribution in [0, 0.1) is 5.92 Å². The lowest BCUT2D eigenvalue weighted by molar-refractivity contribution is 0.481. The molecule has 1 fully saturated rings. The fraction of sp³-hybridized carbons (Fsp3) is 0.625. The first-order valence-electron chi connectivity index (χ1n) is 4.11. The van der Waals surface area contributed by atoms with E-state index >= 15 is 0 Å². The van der Waals surface area contributed by atoms with Crippen LogP contribution in [0.3, 0.4) is 0 Å². The summed E-state index contributed by atoms with van der Waals surface area (Å²) in [5.74, 6) is 0.809. The van der Waals surface area contributed by atoms with E-state index in [0.717, 1.165) is 19.0 Å². The van der Waals surface area contributed by atoms with Gasteiger partial charge >= 0.3 is 0 Å². The molecule has 1 N–H and O–H groups in total. The van der Waals surface area contributed by atoms with Gasteiger partial charge in [0.05, 0.1) is 6.33 Å². The first kappa shape index (κ1) is 9.55. The van der Waals surface area contributed by atoms with E-state index in [1.54, 1.807) is 0 Å². The number of nitrogens with one attached hydrogen (secondary N) is 1. The molecular weight excluding hydrogens is 174 g/mol. The zero-order valence-corrected chi connectivity index (χ0v) is 7.76. The molecule has 0 aliphatic carbocycles. The molecule has 68 valence electrons. The molecule has 1 aromatic heterocycles. The predicted molar refractivity (Wildman–Crippen MR) is 50.5 cm³/mol. The van der Waals surface area contributed by atoms with E-state index in [0.29, 0.717) is 0 Å². The molecular formula is C8H14ClN3. The van der Waals surface area contributed by atoms with Crippen molar-refractivity contribution in [1.82, 2.24) is 14.9 Å². The van der Waals surface area contributed by atoms with Gasteiger partial charge in [-0.05, 0) is 25.4 Å². The zero-order valence-electron chi connectivity index (χ0n) is 6.94. The predicted octanol–water partition coefficient (Wildman–Crippen LogP) is 0.914. The van der Waals surface area contributed by atoms with Crippen LogP contribution in [0.4, 0.5) is 0 Å². The standard InChI is InChI=1S/C8H13N3.ClH/c1-2-9-5-8(1)6-11-4-3-10-7-11;/h3-4,7-9H,1-2,5-6H2;1H. The minimum atomic E-state index is 0. The third-order valence-corrected chi connectivity index (χ3v) is 2.19. The minimum absolute atomic E-state index is 0. The van der Waals surface area contributed by atoms with Gasteiger partial charge in [-0.3, -0.25) is 0 Å². The van der Waals surface area contributed by atoms with E-state index in [2.05, 4.69) is 14.9 Å². The van der Waals surface area contributed by atoms with Gasteiger partial charge in [-0.15, -0.1) is 12.4 Å². The molecule has 0 amide bonds. The van der Waals surface area contributed by atoms with Crippen molar-refractivity contribution in [2.45, 2.75) is 13.0 Å². The van der Waals surface area contributed by atoms with Crippen molar-refractivity contribution >= 4 is 12.4 Å². The Hall–Kier alpha value is -0.540. The van der Waals surface area contributed by atoms with Crippen molar-refractivity contribution in [2.24, 2.45) is 5.92 Å². The Morgan fingerprint density at radius 2 is 2.50 bits per heavy atom. The summed E-state index contributed by atoms with van der Waals surface area (Å²) >= 11 is 0. The lowest BCUT2D eigenvalue weighted by Crippen LogP contribution is -2.13. The number of aromatic nitrogens is 2. The van der Waals surface area contributed by atoms with Crippen molar-refractivity contribution in [1.29, 1.82) is 0 Å². The summed E-state index contributed by atoms with van der Waals surface area (Å²) in [5.41, 5.74) is 0. The fourth-order valence-corrected chi connectivity index (χ4v) is 1.56. The van der Waals surface area contributed by atoms with Crippen LogP contribution in [0.2, 0.25) is 0 Å². The molecule has 0 bridgehead atoms. The Morgan fingerprint density at radius 3 is 3.08 bits per heavy atom. The molecule has 4 heteroatoms. The topological polar surface area (TPSA) is 29.9 Å². The molecule has 2 rings (SSSR count). The summed E-state index contributed by atoms with van der Waals surface area (Å²) < 4.78 is 2.15. The molecule has 3 nitrogen and oxygen atoms in total. The van der Waals surface area contributed by atoms with Gasteiger partial charge in [0.1, 0.15) is 0 Å². The molecule has 12 heavy (non-hydrogen) atoms. The molecule has 1 aliphatic heterocycles. The van der Waals surface area contributed by atoms with E-state index < -0.39 is 0 Å². The average Bonchev–Trinajstić information content (AvgIpc) is 2.60. The van der Waals surface area contributed by atoms with Gasteiger partial charge in [0, 0.05) is 18.9 Å². The lowest BCUT2D eigenvalue weighted by atomic mass is 10.1. The SMILES string of the molecule is Cl.c1cn(CC2CCNC2)cn1. The Kier molecular flexibility index (Phi) is 3.56. The first-order chi connectivity index (χ1) is 5.45. The Bertz CT molecular complexity index is 204. The van der Waals surface area contributed by atoms with Crippen LogP contribution in [0.5, 0.6) is 0 Å². The summed E-state index contributed by atoms with van der Waals surface area (Å²) in [6, 6.07) is 0. The molecule has 1 unspecified atom stereocenters. The normalized spacial score (nSPS) is 22.2. The average molecular weight is 188 g/mol. The van der Waals surface area contributed by atoms with Crippen molar-refractivity contribution in [3.63, 3.8) is 0 Å². The highest BCUT2D eigenvalue weighted by Gasteiger charge is 2.13. The van der Waals surface area contributed by atoms with Crippen LogP contribution in [0.25, 0.3) is 0 Å². The lowest BCUT2D eigenvalue weighted by Gasteiger charge is -2.07. The second-order valence-corrected chi connectivity index (χ2v) is 3.12. The number of rotatable bonds is 2.